The highest BCUT2D eigenvalue weighted by atomic mass is 79.9. The van der Waals surface area contributed by atoms with Crippen molar-refractivity contribution in [2.24, 2.45) is 0 Å². The van der Waals surface area contributed by atoms with Crippen LogP contribution in [0.5, 0.6) is 5.75 Å². The molecule has 0 unspecified atom stereocenters. The maximum Gasteiger partial charge on any atom is 0.120 e. The van der Waals surface area contributed by atoms with Crippen LogP contribution in [0.4, 0.5) is 0 Å². The van der Waals surface area contributed by atoms with Gasteiger partial charge >= 0.3 is 0 Å². The van der Waals surface area contributed by atoms with Crippen LogP contribution < -0.4 is 10.1 Å². The molecule has 0 spiro atoms. The second-order valence-electron chi connectivity index (χ2n) is 4.35. The van der Waals surface area contributed by atoms with Gasteiger partial charge in [0.1, 0.15) is 5.75 Å². The molecule has 3 heteroatoms. The van der Waals surface area contributed by atoms with Crippen LogP contribution in [0.3, 0.4) is 0 Å². The molecule has 16 heavy (non-hydrogen) atoms. The Morgan fingerprint density at radius 3 is 2.62 bits per heavy atom. The first-order chi connectivity index (χ1) is 7.72. The summed E-state index contributed by atoms with van der Waals surface area (Å²) >= 11 is 3.61. The van der Waals surface area contributed by atoms with E-state index in [1.807, 2.05) is 6.07 Å². The summed E-state index contributed by atoms with van der Waals surface area (Å²) in [5.74, 6) is 1.62. The molecule has 2 rings (SSSR count). The van der Waals surface area contributed by atoms with Crippen LogP contribution in [0.2, 0.25) is 0 Å². The number of ether oxygens (including phenoxy) is 1. The minimum atomic E-state index is 0.674. The van der Waals surface area contributed by atoms with E-state index in [1.165, 1.54) is 24.0 Å². The monoisotopic (exact) mass is 283 g/mol. The maximum atomic E-state index is 5.34. The minimum Gasteiger partial charge on any atom is -0.497 e. The topological polar surface area (TPSA) is 21.3 Å². The summed E-state index contributed by atoms with van der Waals surface area (Å²) in [6.45, 7) is 4.43. The van der Waals surface area contributed by atoms with Crippen molar-refractivity contribution in [2.75, 3.05) is 20.2 Å². The van der Waals surface area contributed by atoms with Crippen LogP contribution in [0.1, 0.15) is 29.9 Å². The first-order valence-electron chi connectivity index (χ1n) is 5.77. The van der Waals surface area contributed by atoms with Crippen molar-refractivity contribution in [2.45, 2.75) is 25.7 Å². The molecular formula is C13H18BrNO. The lowest BCUT2D eigenvalue weighted by molar-refractivity contribution is 0.410. The molecule has 1 aliphatic heterocycles. The Morgan fingerprint density at radius 2 is 2.00 bits per heavy atom. The molecule has 1 heterocycles. The van der Waals surface area contributed by atoms with Crippen LogP contribution in [0, 0.1) is 6.92 Å². The summed E-state index contributed by atoms with van der Waals surface area (Å²) < 4.78 is 6.49. The molecule has 0 amide bonds. The summed E-state index contributed by atoms with van der Waals surface area (Å²) in [5.41, 5.74) is 2.79. The van der Waals surface area contributed by atoms with Gasteiger partial charge in [0.25, 0.3) is 0 Å². The molecule has 0 aromatic heterocycles. The third-order valence-electron chi connectivity index (χ3n) is 3.37. The highest BCUT2D eigenvalue weighted by Gasteiger charge is 2.18. The van der Waals surface area contributed by atoms with Crippen molar-refractivity contribution in [1.82, 2.24) is 5.32 Å². The largest absolute Gasteiger partial charge is 0.497 e. The zero-order valence-corrected chi connectivity index (χ0v) is 11.4. The highest BCUT2D eigenvalue weighted by Crippen LogP contribution is 2.34. The number of methoxy groups -OCH3 is 1. The standard InChI is InChI=1S/C13H18BrNO/c1-9-12(10-3-5-15-6-4-10)7-11(16-2)8-13(9)14/h7-8,10,15H,3-6H2,1-2H3. The number of halogens is 1. The fourth-order valence-corrected chi connectivity index (χ4v) is 2.80. The van der Waals surface area contributed by atoms with Gasteiger partial charge in [-0.05, 0) is 62.0 Å². The fourth-order valence-electron chi connectivity index (χ4n) is 2.35. The van der Waals surface area contributed by atoms with E-state index in [1.54, 1.807) is 7.11 Å². The fraction of sp³-hybridized carbons (Fsp3) is 0.538. The molecule has 0 radical (unpaired) electrons. The number of piperidine rings is 1. The number of hydrogen-bond acceptors (Lipinski definition) is 2. The zero-order valence-electron chi connectivity index (χ0n) is 9.85. The van der Waals surface area contributed by atoms with Crippen LogP contribution >= 0.6 is 15.9 Å². The van der Waals surface area contributed by atoms with E-state index >= 15 is 0 Å². The lowest BCUT2D eigenvalue weighted by atomic mass is 9.87. The van der Waals surface area contributed by atoms with E-state index in [2.05, 4.69) is 34.2 Å². The van der Waals surface area contributed by atoms with Gasteiger partial charge in [0.2, 0.25) is 0 Å². The average Bonchev–Trinajstić information content (AvgIpc) is 2.33. The van der Waals surface area contributed by atoms with Gasteiger partial charge in [-0.15, -0.1) is 0 Å². The first kappa shape index (κ1) is 11.9. The molecule has 1 fully saturated rings. The van der Waals surface area contributed by atoms with Crippen molar-refractivity contribution in [3.63, 3.8) is 0 Å². The lowest BCUT2D eigenvalue weighted by Crippen LogP contribution is -2.27. The number of hydrogen-bond donors (Lipinski definition) is 1. The van der Waals surface area contributed by atoms with Gasteiger partial charge < -0.3 is 10.1 Å². The van der Waals surface area contributed by atoms with Crippen molar-refractivity contribution in [1.29, 1.82) is 0 Å². The summed E-state index contributed by atoms with van der Waals surface area (Å²) in [5, 5.41) is 3.40. The Hall–Kier alpha value is -0.540. The molecule has 0 aliphatic carbocycles. The van der Waals surface area contributed by atoms with Crippen molar-refractivity contribution < 1.29 is 4.74 Å². The van der Waals surface area contributed by atoms with E-state index in [9.17, 15) is 0 Å². The molecule has 1 aromatic carbocycles. The van der Waals surface area contributed by atoms with E-state index in [4.69, 9.17) is 4.74 Å². The highest BCUT2D eigenvalue weighted by molar-refractivity contribution is 9.10. The molecule has 0 atom stereocenters. The Bertz CT molecular complexity index is 372. The normalized spacial score (nSPS) is 17.4. The predicted octanol–water partition coefficient (Wildman–Crippen LogP) is 3.23. The number of rotatable bonds is 2. The van der Waals surface area contributed by atoms with Gasteiger partial charge in [-0.1, -0.05) is 15.9 Å². The number of benzene rings is 1. The second kappa shape index (κ2) is 5.19. The molecule has 2 nitrogen and oxygen atoms in total. The summed E-state index contributed by atoms with van der Waals surface area (Å²) in [6, 6.07) is 4.23. The second-order valence-corrected chi connectivity index (χ2v) is 5.20. The van der Waals surface area contributed by atoms with Crippen LogP contribution in [0.25, 0.3) is 0 Å². The lowest BCUT2D eigenvalue weighted by Gasteiger charge is -2.25. The van der Waals surface area contributed by atoms with Gasteiger partial charge in [0, 0.05) is 4.47 Å². The minimum absolute atomic E-state index is 0.674. The van der Waals surface area contributed by atoms with Gasteiger partial charge in [0.05, 0.1) is 7.11 Å². The average molecular weight is 284 g/mol. The molecule has 1 N–H and O–H groups in total. The molecule has 1 saturated heterocycles. The van der Waals surface area contributed by atoms with Gasteiger partial charge in [0.15, 0.2) is 0 Å². The van der Waals surface area contributed by atoms with Crippen molar-refractivity contribution in [3.8, 4) is 5.75 Å². The third kappa shape index (κ3) is 2.41. The van der Waals surface area contributed by atoms with Crippen LogP contribution in [0.15, 0.2) is 16.6 Å². The Morgan fingerprint density at radius 1 is 1.31 bits per heavy atom. The van der Waals surface area contributed by atoms with Crippen molar-refractivity contribution in [3.05, 3.63) is 27.7 Å². The molecule has 1 aromatic rings. The predicted molar refractivity (Wildman–Crippen MR) is 70.3 cm³/mol. The van der Waals surface area contributed by atoms with Crippen molar-refractivity contribution >= 4 is 15.9 Å². The SMILES string of the molecule is COc1cc(Br)c(C)c(C2CCNCC2)c1. The maximum absolute atomic E-state index is 5.34. The van der Waals surface area contributed by atoms with Gasteiger partial charge in [-0.2, -0.15) is 0 Å². The van der Waals surface area contributed by atoms with E-state index in [0.29, 0.717) is 5.92 Å². The first-order valence-corrected chi connectivity index (χ1v) is 6.56. The quantitative estimate of drug-likeness (QED) is 0.900. The van der Waals surface area contributed by atoms with Crippen LogP contribution in [-0.2, 0) is 0 Å². The Balaban J connectivity index is 2.33. The molecule has 1 aliphatic rings. The Kier molecular flexibility index (Phi) is 3.87. The number of nitrogens with one attached hydrogen (secondary N) is 1. The van der Waals surface area contributed by atoms with Gasteiger partial charge in [-0.25, -0.2) is 0 Å². The molecule has 88 valence electrons. The molecular weight excluding hydrogens is 266 g/mol. The van der Waals surface area contributed by atoms with E-state index < -0.39 is 0 Å². The summed E-state index contributed by atoms with van der Waals surface area (Å²) in [7, 11) is 1.73. The molecule has 0 saturated carbocycles. The van der Waals surface area contributed by atoms with E-state index in [-0.39, 0.29) is 0 Å². The van der Waals surface area contributed by atoms with Gasteiger partial charge in [-0.3, -0.25) is 0 Å². The molecule has 0 bridgehead atoms. The Labute approximate surface area is 106 Å². The summed E-state index contributed by atoms with van der Waals surface area (Å²) in [6.07, 6.45) is 2.45. The van der Waals surface area contributed by atoms with Crippen LogP contribution in [-0.4, -0.2) is 20.2 Å². The smallest absolute Gasteiger partial charge is 0.120 e. The zero-order chi connectivity index (χ0) is 11.5. The summed E-state index contributed by atoms with van der Waals surface area (Å²) in [4.78, 5) is 0. The van der Waals surface area contributed by atoms with E-state index in [0.717, 1.165) is 23.3 Å². The third-order valence-corrected chi connectivity index (χ3v) is 4.20.